The number of hydrogen-bond donors (Lipinski definition) is 2. The van der Waals surface area contributed by atoms with Gasteiger partial charge in [-0.25, -0.2) is 4.68 Å². The number of Topliss-reactive ketones (excluding diaryl/α,β-unsaturated/α-hetero) is 1. The number of aromatic nitrogens is 3. The van der Waals surface area contributed by atoms with Gasteiger partial charge in [0.2, 0.25) is 5.95 Å². The third kappa shape index (κ3) is 2.49. The molecular formula is C16H18N4O2S. The molecular weight excluding hydrogens is 312 g/mol. The first-order chi connectivity index (χ1) is 11.3. The molecule has 2 aromatic rings. The lowest BCUT2D eigenvalue weighted by molar-refractivity contribution is -0.116. The summed E-state index contributed by atoms with van der Waals surface area (Å²) in [6, 6.07) is 3.87. The minimum Gasteiger partial charge on any atom is -0.396 e. The number of nitrogens with one attached hydrogen (secondary N) is 1. The van der Waals surface area contributed by atoms with Crippen molar-refractivity contribution in [3.63, 3.8) is 0 Å². The summed E-state index contributed by atoms with van der Waals surface area (Å²) in [5.41, 5.74) is 1.83. The molecule has 2 aromatic heterocycles. The number of rotatable bonds is 4. The van der Waals surface area contributed by atoms with E-state index >= 15 is 0 Å². The van der Waals surface area contributed by atoms with E-state index in [1.807, 2.05) is 22.2 Å². The van der Waals surface area contributed by atoms with Crippen molar-refractivity contribution in [1.29, 1.82) is 0 Å². The van der Waals surface area contributed by atoms with Crippen molar-refractivity contribution in [2.24, 2.45) is 0 Å². The Balaban J connectivity index is 1.80. The first kappa shape index (κ1) is 14.6. The molecule has 0 saturated heterocycles. The van der Waals surface area contributed by atoms with Gasteiger partial charge in [-0.15, -0.1) is 11.3 Å². The van der Waals surface area contributed by atoms with Crippen LogP contribution in [0.25, 0.3) is 0 Å². The lowest BCUT2D eigenvalue weighted by Gasteiger charge is -2.31. The van der Waals surface area contributed by atoms with Crippen LogP contribution in [0.1, 0.15) is 42.4 Å². The zero-order valence-electron chi connectivity index (χ0n) is 12.7. The molecule has 1 aliphatic carbocycles. The van der Waals surface area contributed by atoms with Crippen LogP contribution in [0.15, 0.2) is 28.8 Å². The number of aryl methyl sites for hydroxylation is 1. The van der Waals surface area contributed by atoms with Gasteiger partial charge in [0.25, 0.3) is 0 Å². The predicted octanol–water partition coefficient (Wildman–Crippen LogP) is 2.29. The number of fused-ring (bicyclic) bond motifs is 1. The van der Waals surface area contributed by atoms with Gasteiger partial charge in [-0.3, -0.25) is 4.79 Å². The van der Waals surface area contributed by atoms with Crippen molar-refractivity contribution < 1.29 is 9.90 Å². The normalized spacial score (nSPS) is 20.2. The summed E-state index contributed by atoms with van der Waals surface area (Å²) >= 11 is 1.64. The van der Waals surface area contributed by atoms with Crippen LogP contribution >= 0.6 is 11.3 Å². The Morgan fingerprint density at radius 2 is 2.35 bits per heavy atom. The fourth-order valence-electron chi connectivity index (χ4n) is 3.25. The number of ketones is 1. The van der Waals surface area contributed by atoms with Gasteiger partial charge in [0.1, 0.15) is 6.04 Å². The van der Waals surface area contributed by atoms with Crippen molar-refractivity contribution in [1.82, 2.24) is 14.8 Å². The molecule has 1 atom stereocenters. The summed E-state index contributed by atoms with van der Waals surface area (Å²) in [5.74, 6) is 1.61. The molecule has 6 nitrogen and oxygen atoms in total. The smallest absolute Gasteiger partial charge is 0.226 e. The Morgan fingerprint density at radius 3 is 3.13 bits per heavy atom. The summed E-state index contributed by atoms with van der Waals surface area (Å²) in [6.45, 7) is 0.124. The maximum Gasteiger partial charge on any atom is 0.226 e. The third-order valence-electron chi connectivity index (χ3n) is 4.28. The molecule has 1 unspecified atom stereocenters. The summed E-state index contributed by atoms with van der Waals surface area (Å²) < 4.78 is 1.83. The van der Waals surface area contributed by atoms with E-state index < -0.39 is 0 Å². The van der Waals surface area contributed by atoms with Gasteiger partial charge in [-0.2, -0.15) is 10.1 Å². The lowest BCUT2D eigenvalue weighted by atomic mass is 9.88. The molecule has 0 saturated carbocycles. The quantitative estimate of drug-likeness (QED) is 0.899. The van der Waals surface area contributed by atoms with Crippen molar-refractivity contribution in [2.75, 3.05) is 11.9 Å². The molecule has 0 bridgehead atoms. The van der Waals surface area contributed by atoms with Crippen molar-refractivity contribution in [2.45, 2.75) is 38.1 Å². The first-order valence-electron chi connectivity index (χ1n) is 7.91. The maximum atomic E-state index is 12.5. The van der Waals surface area contributed by atoms with Crippen LogP contribution in [0, 0.1) is 0 Å². The summed E-state index contributed by atoms with van der Waals surface area (Å²) in [4.78, 5) is 18.2. The average molecular weight is 330 g/mol. The van der Waals surface area contributed by atoms with E-state index in [4.69, 9.17) is 5.11 Å². The van der Waals surface area contributed by atoms with E-state index in [9.17, 15) is 4.79 Å². The van der Waals surface area contributed by atoms with Crippen molar-refractivity contribution in [3.8, 4) is 0 Å². The largest absolute Gasteiger partial charge is 0.396 e. The highest BCUT2D eigenvalue weighted by atomic mass is 32.1. The van der Waals surface area contributed by atoms with Crippen LogP contribution in [-0.2, 0) is 11.2 Å². The van der Waals surface area contributed by atoms with E-state index in [2.05, 4.69) is 15.4 Å². The lowest BCUT2D eigenvalue weighted by Crippen LogP contribution is -2.31. The van der Waals surface area contributed by atoms with Gasteiger partial charge in [-0.1, -0.05) is 6.07 Å². The Labute approximate surface area is 137 Å². The molecule has 7 heteroatoms. The Morgan fingerprint density at radius 1 is 1.43 bits per heavy atom. The molecule has 0 fully saturated rings. The first-order valence-corrected chi connectivity index (χ1v) is 8.79. The standard InChI is InChI=1S/C16H18N4O2S/c21-8-2-7-13-18-16-17-10-4-1-5-11(22)14(10)15(20(16)19-13)12-6-3-9-23-12/h3,6,9,15,21H,1-2,4-5,7-8H2,(H,17,18,19). The van der Waals surface area contributed by atoms with Crippen molar-refractivity contribution in [3.05, 3.63) is 39.5 Å². The van der Waals surface area contributed by atoms with E-state index in [1.165, 1.54) is 0 Å². The molecule has 0 aromatic carbocycles. The number of thiophene rings is 1. The van der Waals surface area contributed by atoms with Crippen LogP contribution in [0.4, 0.5) is 5.95 Å². The third-order valence-corrected chi connectivity index (χ3v) is 5.21. The van der Waals surface area contributed by atoms with Crippen LogP contribution < -0.4 is 5.32 Å². The topological polar surface area (TPSA) is 80.0 Å². The predicted molar refractivity (Wildman–Crippen MR) is 87.4 cm³/mol. The fourth-order valence-corrected chi connectivity index (χ4v) is 4.07. The molecule has 0 amide bonds. The van der Waals surface area contributed by atoms with Gasteiger partial charge >= 0.3 is 0 Å². The number of aliphatic hydroxyl groups is 1. The summed E-state index contributed by atoms with van der Waals surface area (Å²) in [6.07, 6.45) is 3.63. The number of carbonyl (C=O) groups excluding carboxylic acids is 1. The maximum absolute atomic E-state index is 12.5. The Hall–Kier alpha value is -1.99. The van der Waals surface area contributed by atoms with Crippen LogP contribution in [0.3, 0.4) is 0 Å². The molecule has 2 N–H and O–H groups in total. The van der Waals surface area contributed by atoms with Crippen LogP contribution in [-0.4, -0.2) is 32.3 Å². The molecule has 3 heterocycles. The highest BCUT2D eigenvalue weighted by molar-refractivity contribution is 7.10. The molecule has 0 spiro atoms. The van der Waals surface area contributed by atoms with Crippen LogP contribution in [0.2, 0.25) is 0 Å². The average Bonchev–Trinajstić information content (AvgIpc) is 3.20. The number of aliphatic hydroxyl groups excluding tert-OH is 1. The number of allylic oxidation sites excluding steroid dienone is 2. The zero-order chi connectivity index (χ0) is 15.8. The number of hydrogen-bond acceptors (Lipinski definition) is 6. The Kier molecular flexibility index (Phi) is 3.74. The molecule has 23 heavy (non-hydrogen) atoms. The molecule has 0 radical (unpaired) electrons. The van der Waals surface area contributed by atoms with E-state index in [1.54, 1.807) is 11.3 Å². The molecule has 4 rings (SSSR count). The van der Waals surface area contributed by atoms with Gasteiger partial charge in [-0.05, 0) is 30.7 Å². The van der Waals surface area contributed by atoms with E-state index in [-0.39, 0.29) is 18.4 Å². The Bertz CT molecular complexity index is 763. The van der Waals surface area contributed by atoms with Gasteiger partial charge in [0.15, 0.2) is 11.6 Å². The van der Waals surface area contributed by atoms with Crippen molar-refractivity contribution >= 4 is 23.1 Å². The van der Waals surface area contributed by atoms with Gasteiger partial charge < -0.3 is 10.4 Å². The SMILES string of the molecule is O=C1CCCC2=C1C(c1cccs1)n1nc(CCCO)nc1N2. The molecule has 1 aliphatic heterocycles. The highest BCUT2D eigenvalue weighted by Gasteiger charge is 2.37. The van der Waals surface area contributed by atoms with Gasteiger partial charge in [0, 0.05) is 35.6 Å². The van der Waals surface area contributed by atoms with E-state index in [0.717, 1.165) is 29.0 Å². The molecule has 120 valence electrons. The summed E-state index contributed by atoms with van der Waals surface area (Å²) in [7, 11) is 0. The highest BCUT2D eigenvalue weighted by Crippen LogP contribution is 2.41. The molecule has 2 aliphatic rings. The second-order valence-electron chi connectivity index (χ2n) is 5.84. The minimum absolute atomic E-state index is 0.124. The number of nitrogens with zero attached hydrogens (tertiary/aromatic N) is 3. The van der Waals surface area contributed by atoms with E-state index in [0.29, 0.717) is 31.0 Å². The zero-order valence-corrected chi connectivity index (χ0v) is 13.5. The second kappa shape index (κ2) is 5.90. The van der Waals surface area contributed by atoms with Gasteiger partial charge in [0.05, 0.1) is 0 Å². The minimum atomic E-state index is -0.176. The number of anilines is 1. The number of carbonyl (C=O) groups is 1. The second-order valence-corrected chi connectivity index (χ2v) is 6.81. The van der Waals surface area contributed by atoms with Crippen LogP contribution in [0.5, 0.6) is 0 Å². The monoisotopic (exact) mass is 330 g/mol. The summed E-state index contributed by atoms with van der Waals surface area (Å²) in [5, 5.41) is 18.9. The fraction of sp³-hybridized carbons (Fsp3) is 0.438.